The van der Waals surface area contributed by atoms with Crippen molar-refractivity contribution in [3.63, 3.8) is 0 Å². The van der Waals surface area contributed by atoms with E-state index in [1.807, 2.05) is 26.0 Å². The van der Waals surface area contributed by atoms with Crippen LogP contribution in [0.4, 0.5) is 0 Å². The molecule has 0 saturated carbocycles. The number of hydrogen-bond donors (Lipinski definition) is 0. The van der Waals surface area contributed by atoms with Gasteiger partial charge in [-0.25, -0.2) is 0 Å². The Morgan fingerprint density at radius 3 is 2.32 bits per heavy atom. The normalized spacial score (nSPS) is 30.9. The van der Waals surface area contributed by atoms with Gasteiger partial charge in [0.15, 0.2) is 0 Å². The molecule has 19 heavy (non-hydrogen) atoms. The maximum Gasteiger partial charge on any atom is 0.264 e. The van der Waals surface area contributed by atoms with Gasteiger partial charge in [-0.15, -0.1) is 0 Å². The van der Waals surface area contributed by atoms with Crippen LogP contribution < -0.4 is 0 Å². The first-order valence-electron chi connectivity index (χ1n) is 6.03. The second-order valence-corrected chi connectivity index (χ2v) is 7.05. The lowest BCUT2D eigenvalue weighted by atomic mass is 9.74. The minimum Gasteiger partial charge on any atom is -0.364 e. The van der Waals surface area contributed by atoms with E-state index in [-0.39, 0.29) is 18.6 Å². The van der Waals surface area contributed by atoms with Crippen molar-refractivity contribution in [3.8, 4) is 0 Å². The highest BCUT2D eigenvalue weighted by Gasteiger charge is 2.52. The molecule has 1 aliphatic rings. The van der Waals surface area contributed by atoms with Gasteiger partial charge in [-0.3, -0.25) is 4.18 Å². The van der Waals surface area contributed by atoms with Crippen molar-refractivity contribution in [1.29, 1.82) is 0 Å². The van der Waals surface area contributed by atoms with Gasteiger partial charge in [0, 0.05) is 10.9 Å². The first-order chi connectivity index (χ1) is 8.74. The van der Waals surface area contributed by atoms with Crippen LogP contribution in [0.25, 0.3) is 0 Å². The topological polar surface area (TPSA) is 52.6 Å². The second-order valence-electron chi connectivity index (χ2n) is 4.97. The van der Waals surface area contributed by atoms with Gasteiger partial charge in [0.1, 0.15) is 5.60 Å². The summed E-state index contributed by atoms with van der Waals surface area (Å²) >= 11 is 5.87. The van der Waals surface area contributed by atoms with Crippen LogP contribution in [0.5, 0.6) is 0 Å². The van der Waals surface area contributed by atoms with Gasteiger partial charge >= 0.3 is 0 Å². The van der Waals surface area contributed by atoms with Crippen LogP contribution in [-0.4, -0.2) is 27.4 Å². The van der Waals surface area contributed by atoms with E-state index in [0.29, 0.717) is 5.02 Å². The third kappa shape index (κ3) is 2.94. The van der Waals surface area contributed by atoms with Crippen LogP contribution in [0.2, 0.25) is 5.02 Å². The maximum atomic E-state index is 11.2. The molecule has 0 aliphatic carbocycles. The van der Waals surface area contributed by atoms with Crippen LogP contribution >= 0.6 is 11.6 Å². The summed E-state index contributed by atoms with van der Waals surface area (Å²) in [5, 5.41) is 0.628. The minimum atomic E-state index is -3.50. The molecule has 0 amide bonds. The first-order valence-corrected chi connectivity index (χ1v) is 8.22. The molecule has 1 heterocycles. The number of hydrogen-bond acceptors (Lipinski definition) is 4. The molecule has 0 bridgehead atoms. The van der Waals surface area contributed by atoms with Crippen molar-refractivity contribution in [2.45, 2.75) is 25.6 Å². The average molecular weight is 305 g/mol. The van der Waals surface area contributed by atoms with Crippen molar-refractivity contribution >= 4 is 21.7 Å². The summed E-state index contributed by atoms with van der Waals surface area (Å²) in [5.74, 6) is 0.162. The van der Waals surface area contributed by atoms with Gasteiger partial charge in [-0.1, -0.05) is 30.7 Å². The fourth-order valence-electron chi connectivity index (χ4n) is 2.35. The van der Waals surface area contributed by atoms with Crippen LogP contribution in [0.1, 0.15) is 19.4 Å². The fraction of sp³-hybridized carbons (Fsp3) is 0.538. The maximum absolute atomic E-state index is 11.2. The number of halogens is 1. The van der Waals surface area contributed by atoms with E-state index in [1.54, 1.807) is 12.1 Å². The lowest BCUT2D eigenvalue weighted by molar-refractivity contribution is -0.267. The van der Waals surface area contributed by atoms with Crippen LogP contribution in [0, 0.1) is 5.92 Å². The van der Waals surface area contributed by atoms with E-state index in [2.05, 4.69) is 0 Å². The summed E-state index contributed by atoms with van der Waals surface area (Å²) in [7, 11) is -3.50. The Morgan fingerprint density at radius 2 is 1.89 bits per heavy atom. The van der Waals surface area contributed by atoms with Crippen LogP contribution in [-0.2, 0) is 24.6 Å². The first kappa shape index (κ1) is 14.8. The Hall–Kier alpha value is -0.620. The van der Waals surface area contributed by atoms with Crippen molar-refractivity contribution < 1.29 is 17.3 Å². The lowest BCUT2D eigenvalue weighted by Crippen LogP contribution is -2.58. The molecule has 0 radical (unpaired) electrons. The number of rotatable bonds is 4. The second kappa shape index (κ2) is 5.05. The molecular weight excluding hydrogens is 288 g/mol. The van der Waals surface area contributed by atoms with E-state index < -0.39 is 15.7 Å². The van der Waals surface area contributed by atoms with E-state index in [0.717, 1.165) is 11.8 Å². The summed E-state index contributed by atoms with van der Waals surface area (Å²) in [6.07, 6.45) is 1.11. The third-order valence-corrected chi connectivity index (χ3v) is 4.45. The van der Waals surface area contributed by atoms with Gasteiger partial charge in [-0.05, 0) is 24.6 Å². The summed E-state index contributed by atoms with van der Waals surface area (Å²) in [6.45, 7) is 3.96. The summed E-state index contributed by atoms with van der Waals surface area (Å²) < 4.78 is 33.2. The van der Waals surface area contributed by atoms with E-state index >= 15 is 0 Å². The molecule has 0 aromatic heterocycles. The largest absolute Gasteiger partial charge is 0.364 e. The minimum absolute atomic E-state index is 0.0149. The quantitative estimate of drug-likeness (QED) is 0.802. The molecular formula is C13H17ClO4S. The van der Waals surface area contributed by atoms with Crippen molar-refractivity contribution in [2.75, 3.05) is 12.9 Å². The van der Waals surface area contributed by atoms with E-state index in [9.17, 15) is 8.42 Å². The predicted molar refractivity (Wildman–Crippen MR) is 73.6 cm³/mol. The number of ether oxygens (including phenoxy) is 1. The molecule has 1 aliphatic heterocycles. The van der Waals surface area contributed by atoms with Crippen LogP contribution in [0.15, 0.2) is 24.3 Å². The molecule has 106 valence electrons. The van der Waals surface area contributed by atoms with Gasteiger partial charge in [-0.2, -0.15) is 8.42 Å². The molecule has 1 fully saturated rings. The molecule has 6 heteroatoms. The van der Waals surface area contributed by atoms with Crippen molar-refractivity contribution in [3.05, 3.63) is 34.9 Å². The Balaban J connectivity index is 2.28. The Bertz CT molecular complexity index is 555. The Labute approximate surface area is 118 Å². The fourth-order valence-corrected chi connectivity index (χ4v) is 2.87. The third-order valence-electron chi connectivity index (χ3n) is 3.66. The zero-order valence-electron chi connectivity index (χ0n) is 11.1. The molecule has 4 nitrogen and oxygen atoms in total. The Morgan fingerprint density at radius 1 is 1.32 bits per heavy atom. The highest BCUT2D eigenvalue weighted by molar-refractivity contribution is 7.85. The molecule has 1 saturated heterocycles. The highest BCUT2D eigenvalue weighted by atomic mass is 35.5. The zero-order valence-corrected chi connectivity index (χ0v) is 12.7. The molecule has 0 N–H and O–H groups in total. The highest BCUT2D eigenvalue weighted by Crippen LogP contribution is 2.47. The smallest absolute Gasteiger partial charge is 0.264 e. The average Bonchev–Trinajstić information content (AvgIpc) is 2.34. The molecule has 0 spiro atoms. The molecule has 3 atom stereocenters. The monoisotopic (exact) mass is 304 g/mol. The molecule has 3 unspecified atom stereocenters. The van der Waals surface area contributed by atoms with Crippen molar-refractivity contribution in [1.82, 2.24) is 0 Å². The molecule has 1 aromatic rings. The van der Waals surface area contributed by atoms with Gasteiger partial charge in [0.05, 0.1) is 19.0 Å². The Kier molecular flexibility index (Phi) is 3.93. The standard InChI is InChI=1S/C13H17ClO4S/c1-9-10(2)18-13(9,8-17-19(3,15)16)11-4-6-12(14)7-5-11/h4-7,9-10H,8H2,1-3H3. The van der Waals surface area contributed by atoms with Crippen molar-refractivity contribution in [2.24, 2.45) is 5.92 Å². The molecule has 2 rings (SSSR count). The van der Waals surface area contributed by atoms with E-state index in [4.69, 9.17) is 20.5 Å². The summed E-state index contributed by atoms with van der Waals surface area (Å²) in [5.41, 5.74) is 0.166. The summed E-state index contributed by atoms with van der Waals surface area (Å²) in [6, 6.07) is 7.21. The van der Waals surface area contributed by atoms with Gasteiger partial charge in [0.25, 0.3) is 10.1 Å². The zero-order chi connectivity index (χ0) is 14.3. The molecule has 1 aromatic carbocycles. The van der Waals surface area contributed by atoms with Gasteiger partial charge < -0.3 is 4.74 Å². The number of benzene rings is 1. The van der Waals surface area contributed by atoms with E-state index in [1.165, 1.54) is 0 Å². The van der Waals surface area contributed by atoms with Gasteiger partial charge in [0.2, 0.25) is 0 Å². The SMILES string of the molecule is CC1OC(COS(C)(=O)=O)(c2ccc(Cl)cc2)C1C. The van der Waals surface area contributed by atoms with Crippen LogP contribution in [0.3, 0.4) is 0 Å². The summed E-state index contributed by atoms with van der Waals surface area (Å²) in [4.78, 5) is 0. The lowest BCUT2D eigenvalue weighted by Gasteiger charge is -2.52. The predicted octanol–water partition coefficient (Wildman–Crippen LogP) is 2.57.